The molecule has 1 heterocycles. The Morgan fingerprint density at radius 1 is 0.674 bits per heavy atom. The molecular weight excluding hydrogens is 554 g/mol. The van der Waals surface area contributed by atoms with E-state index < -0.39 is 0 Å². The van der Waals surface area contributed by atoms with Crippen molar-refractivity contribution in [2.24, 2.45) is 0 Å². The molecule has 0 atom stereocenters. The number of hydrogen-bond acceptors (Lipinski definition) is 6. The van der Waals surface area contributed by atoms with Crippen molar-refractivity contribution in [1.29, 1.82) is 0 Å². The Morgan fingerprint density at radius 2 is 1.42 bits per heavy atom. The molecule has 0 amide bonds. The third-order valence-electron chi connectivity index (χ3n) is 7.46. The zero-order valence-corrected chi connectivity index (χ0v) is 26.2. The van der Waals surface area contributed by atoms with E-state index in [0.29, 0.717) is 13.2 Å². The zero-order valence-electron chi connectivity index (χ0n) is 25.4. The van der Waals surface area contributed by atoms with Crippen LogP contribution >= 0.6 is 11.3 Å². The fourth-order valence-electron chi connectivity index (χ4n) is 4.91. The van der Waals surface area contributed by atoms with E-state index in [4.69, 9.17) is 23.9 Å². The maximum absolute atomic E-state index is 6.13. The number of nitrogens with zero attached hydrogens (tertiary/aromatic N) is 1. The van der Waals surface area contributed by atoms with E-state index >= 15 is 0 Å². The minimum absolute atomic E-state index is 0.642. The van der Waals surface area contributed by atoms with Gasteiger partial charge < -0.3 is 18.9 Å². The number of para-hydroxylation sites is 1. The van der Waals surface area contributed by atoms with Gasteiger partial charge in [-0.3, -0.25) is 0 Å². The Labute approximate surface area is 258 Å². The summed E-state index contributed by atoms with van der Waals surface area (Å²) in [6, 6.07) is 26.7. The van der Waals surface area contributed by atoms with Gasteiger partial charge in [0.15, 0.2) is 11.5 Å². The quantitative estimate of drug-likeness (QED) is 0.0947. The predicted octanol–water partition coefficient (Wildman–Crippen LogP) is 9.79. The normalized spacial score (nSPS) is 11.3. The molecule has 0 spiro atoms. The Bertz CT molecular complexity index is 1660. The Hall–Kier alpha value is -4.29. The van der Waals surface area contributed by atoms with E-state index in [-0.39, 0.29) is 0 Å². The van der Waals surface area contributed by atoms with Gasteiger partial charge in [-0.05, 0) is 104 Å². The first-order valence-electron chi connectivity index (χ1n) is 14.8. The van der Waals surface area contributed by atoms with Crippen molar-refractivity contribution in [3.8, 4) is 33.6 Å². The van der Waals surface area contributed by atoms with Crippen molar-refractivity contribution >= 4 is 33.7 Å². The molecule has 4 aromatic carbocycles. The largest absolute Gasteiger partial charge is 0.496 e. The van der Waals surface area contributed by atoms with Crippen molar-refractivity contribution in [3.63, 3.8) is 0 Å². The van der Waals surface area contributed by atoms with E-state index in [1.165, 1.54) is 15.8 Å². The van der Waals surface area contributed by atoms with Crippen LogP contribution in [0.4, 0.5) is 0 Å². The first-order valence-corrected chi connectivity index (χ1v) is 15.6. The van der Waals surface area contributed by atoms with E-state index in [0.717, 1.165) is 75.9 Å². The number of aryl methyl sites for hydroxylation is 1. The van der Waals surface area contributed by atoms with Crippen LogP contribution in [0.1, 0.15) is 47.9 Å². The summed E-state index contributed by atoms with van der Waals surface area (Å²) >= 11 is 1.71. The highest BCUT2D eigenvalue weighted by atomic mass is 32.1. The highest BCUT2D eigenvalue weighted by molar-refractivity contribution is 7.21. The van der Waals surface area contributed by atoms with Crippen LogP contribution in [0.15, 0.2) is 78.9 Å². The van der Waals surface area contributed by atoms with Crippen molar-refractivity contribution in [3.05, 3.63) is 101 Å². The molecule has 5 rings (SSSR count). The zero-order chi connectivity index (χ0) is 30.0. The molecule has 0 aliphatic heterocycles. The molecule has 5 nitrogen and oxygen atoms in total. The van der Waals surface area contributed by atoms with Crippen molar-refractivity contribution in [1.82, 2.24) is 4.98 Å². The van der Waals surface area contributed by atoms with Gasteiger partial charge in [0.2, 0.25) is 0 Å². The molecule has 0 unspecified atom stereocenters. The number of thiazole rings is 1. The highest BCUT2D eigenvalue weighted by Crippen LogP contribution is 2.32. The number of rotatable bonds is 14. The fraction of sp³-hybridized carbons (Fsp3) is 0.270. The molecule has 0 aliphatic rings. The van der Waals surface area contributed by atoms with Gasteiger partial charge in [-0.1, -0.05) is 48.6 Å². The molecule has 1 aromatic heterocycles. The maximum Gasteiger partial charge on any atom is 0.161 e. The minimum Gasteiger partial charge on any atom is -0.496 e. The summed E-state index contributed by atoms with van der Waals surface area (Å²) in [5, 5.41) is 1.02. The lowest BCUT2D eigenvalue weighted by Crippen LogP contribution is -2.01. The molecule has 0 saturated carbocycles. The van der Waals surface area contributed by atoms with Gasteiger partial charge in [-0.2, -0.15) is 0 Å². The van der Waals surface area contributed by atoms with E-state index in [9.17, 15) is 0 Å². The highest BCUT2D eigenvalue weighted by Gasteiger charge is 2.08. The van der Waals surface area contributed by atoms with E-state index in [1.807, 2.05) is 36.4 Å². The summed E-state index contributed by atoms with van der Waals surface area (Å²) in [6.45, 7) is 5.52. The summed E-state index contributed by atoms with van der Waals surface area (Å²) in [6.07, 6.45) is 8.31. The first kappa shape index (κ1) is 30.2. The fourth-order valence-corrected chi connectivity index (χ4v) is 5.87. The van der Waals surface area contributed by atoms with Crippen molar-refractivity contribution < 1.29 is 18.9 Å². The number of aromatic nitrogens is 1. The Kier molecular flexibility index (Phi) is 10.3. The smallest absolute Gasteiger partial charge is 0.161 e. The molecule has 0 fully saturated rings. The molecular formula is C37H39NO4S. The Balaban J connectivity index is 1.05. The molecule has 5 aromatic rings. The van der Waals surface area contributed by atoms with E-state index in [2.05, 4.69) is 68.5 Å². The van der Waals surface area contributed by atoms with Gasteiger partial charge in [0.25, 0.3) is 0 Å². The molecule has 0 N–H and O–H groups in total. The second-order valence-corrected chi connectivity index (χ2v) is 11.6. The average molecular weight is 594 g/mol. The number of benzene rings is 4. The van der Waals surface area contributed by atoms with Crippen molar-refractivity contribution in [2.75, 3.05) is 27.4 Å². The van der Waals surface area contributed by atoms with Crippen molar-refractivity contribution in [2.45, 2.75) is 39.5 Å². The summed E-state index contributed by atoms with van der Waals surface area (Å²) in [5.41, 5.74) is 6.66. The topological polar surface area (TPSA) is 49.8 Å². The number of ether oxygens (including phenoxy) is 4. The SMILES string of the molecule is COc1ccc(/C=C\c2cc(C)c(C)c(OC)c2)cc1OCCCCCCOc1cccc(-c2nc3ccccc3s2)c1. The monoisotopic (exact) mass is 593 g/mol. The second kappa shape index (κ2) is 14.7. The predicted molar refractivity (Wildman–Crippen MR) is 179 cm³/mol. The van der Waals surface area contributed by atoms with Gasteiger partial charge in [-0.25, -0.2) is 4.98 Å². The lowest BCUT2D eigenvalue weighted by Gasteiger charge is -2.12. The van der Waals surface area contributed by atoms with Crippen LogP contribution in [0, 0.1) is 13.8 Å². The van der Waals surface area contributed by atoms with Crippen LogP contribution in [0.2, 0.25) is 0 Å². The third kappa shape index (κ3) is 7.96. The maximum atomic E-state index is 6.13. The third-order valence-corrected chi connectivity index (χ3v) is 8.54. The summed E-state index contributed by atoms with van der Waals surface area (Å²) in [5.74, 6) is 3.29. The number of hydrogen-bond donors (Lipinski definition) is 0. The number of fused-ring (bicyclic) bond motifs is 1. The molecule has 0 aliphatic carbocycles. The molecule has 0 radical (unpaired) electrons. The van der Waals surface area contributed by atoms with Crippen LogP contribution in [0.25, 0.3) is 32.9 Å². The van der Waals surface area contributed by atoms with Crippen LogP contribution in [0.3, 0.4) is 0 Å². The minimum atomic E-state index is 0.642. The molecule has 0 saturated heterocycles. The van der Waals surface area contributed by atoms with Gasteiger partial charge in [-0.15, -0.1) is 11.3 Å². The number of unbranched alkanes of at least 4 members (excludes halogenated alkanes) is 3. The lowest BCUT2D eigenvalue weighted by molar-refractivity contribution is 0.277. The van der Waals surface area contributed by atoms with Crippen LogP contribution in [0.5, 0.6) is 23.0 Å². The molecule has 43 heavy (non-hydrogen) atoms. The van der Waals surface area contributed by atoms with E-state index in [1.54, 1.807) is 25.6 Å². The van der Waals surface area contributed by atoms with Gasteiger partial charge in [0.05, 0.1) is 37.6 Å². The van der Waals surface area contributed by atoms with Crippen LogP contribution < -0.4 is 18.9 Å². The van der Waals surface area contributed by atoms with Crippen LogP contribution in [-0.2, 0) is 0 Å². The molecule has 222 valence electrons. The Morgan fingerprint density at radius 3 is 2.21 bits per heavy atom. The number of methoxy groups -OCH3 is 2. The summed E-state index contributed by atoms with van der Waals surface area (Å²) < 4.78 is 24.5. The summed E-state index contributed by atoms with van der Waals surface area (Å²) in [4.78, 5) is 4.77. The molecule has 6 heteroatoms. The second-order valence-electron chi connectivity index (χ2n) is 10.5. The average Bonchev–Trinajstić information content (AvgIpc) is 3.47. The van der Waals surface area contributed by atoms with Gasteiger partial charge in [0.1, 0.15) is 16.5 Å². The lowest BCUT2D eigenvalue weighted by atomic mass is 10.0. The standard InChI is InChI=1S/C37H39NO4S/c1-26-22-29(24-34(40-4)27(26)2)17-16-28-18-19-33(39-3)35(23-28)42-21-10-6-5-9-20-41-31-13-11-12-30(25-31)37-38-32-14-7-8-15-36(32)43-37/h7-8,11-19,22-25H,5-6,9-10,20-21H2,1-4H3/b17-16-. The molecule has 0 bridgehead atoms. The van der Waals surface area contributed by atoms with Gasteiger partial charge >= 0.3 is 0 Å². The summed E-state index contributed by atoms with van der Waals surface area (Å²) in [7, 11) is 3.38. The van der Waals surface area contributed by atoms with Crippen LogP contribution in [-0.4, -0.2) is 32.4 Å². The van der Waals surface area contributed by atoms with Gasteiger partial charge in [0, 0.05) is 5.56 Å². The first-order chi connectivity index (χ1) is 21.0.